The molecule has 5 rings (SSSR count). The molecule has 0 N–H and O–H groups in total. The van der Waals surface area contributed by atoms with Crippen LogP contribution in [0.3, 0.4) is 0 Å². The van der Waals surface area contributed by atoms with Crippen molar-refractivity contribution in [3.05, 3.63) is 53.2 Å². The Balaban J connectivity index is 1.50. The summed E-state index contributed by atoms with van der Waals surface area (Å²) in [5.74, 6) is 0.265. The molecule has 1 aliphatic rings. The SMILES string of the molecule is C[C@H]1O[C@@H](n2cnc3c(-n4cc(-c5ccc([N+](=O)[O-])cc5)nn4)ncnc32)[C@H](OF)[C@@H]1OF. The molecule has 1 saturated heterocycles. The molecule has 4 aromatic rings. The number of hydrogen-bond donors (Lipinski definition) is 0. The number of non-ortho nitro benzene ring substituents is 1. The van der Waals surface area contributed by atoms with Gasteiger partial charge in [0.15, 0.2) is 35.4 Å². The first-order chi connectivity index (χ1) is 16.0. The summed E-state index contributed by atoms with van der Waals surface area (Å²) in [4.78, 5) is 30.7. The number of aromatic nitrogens is 7. The lowest BCUT2D eigenvalue weighted by Gasteiger charge is -2.17. The van der Waals surface area contributed by atoms with Crippen molar-refractivity contribution in [3.8, 4) is 17.1 Å². The normalized spacial score (nSPS) is 22.8. The fourth-order valence-electron chi connectivity index (χ4n) is 3.69. The highest BCUT2D eigenvalue weighted by atomic mass is 19.3. The molecule has 170 valence electrons. The zero-order valence-electron chi connectivity index (χ0n) is 16.7. The number of nitro groups is 1. The van der Waals surface area contributed by atoms with Crippen molar-refractivity contribution in [3.63, 3.8) is 0 Å². The Labute approximate surface area is 182 Å². The first kappa shape index (κ1) is 20.9. The number of rotatable bonds is 6. The Morgan fingerprint density at radius 3 is 2.58 bits per heavy atom. The second-order valence-corrected chi connectivity index (χ2v) is 7.21. The van der Waals surface area contributed by atoms with Gasteiger partial charge in [0, 0.05) is 17.7 Å². The van der Waals surface area contributed by atoms with Gasteiger partial charge in [-0.2, -0.15) is 14.6 Å². The maximum Gasteiger partial charge on any atom is 0.269 e. The molecule has 0 radical (unpaired) electrons. The molecule has 33 heavy (non-hydrogen) atoms. The Morgan fingerprint density at radius 2 is 1.88 bits per heavy atom. The van der Waals surface area contributed by atoms with Crippen molar-refractivity contribution >= 4 is 16.9 Å². The van der Waals surface area contributed by atoms with Crippen molar-refractivity contribution < 1.29 is 28.6 Å². The van der Waals surface area contributed by atoms with Gasteiger partial charge in [-0.15, -0.1) is 5.10 Å². The van der Waals surface area contributed by atoms with Crippen LogP contribution >= 0.6 is 0 Å². The van der Waals surface area contributed by atoms with Crippen LogP contribution in [0.15, 0.2) is 43.1 Å². The maximum atomic E-state index is 13.2. The number of hydrogen-bond acceptors (Lipinski definition) is 10. The second kappa shape index (κ2) is 8.19. The van der Waals surface area contributed by atoms with Gasteiger partial charge in [-0.05, 0) is 28.1 Å². The van der Waals surface area contributed by atoms with Gasteiger partial charge < -0.3 is 4.74 Å². The molecule has 0 aliphatic carbocycles. The van der Waals surface area contributed by atoms with Crippen LogP contribution in [0.2, 0.25) is 0 Å². The van der Waals surface area contributed by atoms with E-state index in [9.17, 15) is 19.2 Å². The van der Waals surface area contributed by atoms with Crippen LogP contribution in [0.4, 0.5) is 14.7 Å². The van der Waals surface area contributed by atoms with Gasteiger partial charge in [0.1, 0.15) is 12.0 Å². The molecule has 0 saturated carbocycles. The third-order valence-electron chi connectivity index (χ3n) is 5.33. The van der Waals surface area contributed by atoms with Gasteiger partial charge in [-0.25, -0.2) is 15.0 Å². The number of halogens is 2. The standard InChI is InChI=1S/C18H14F2N8O5/c1-9-14(32-19)15(33-20)18(31-9)26-8-23-13-16(26)21-7-22-17(13)27-6-12(24-25-27)10-2-4-11(5-3-10)28(29)30/h2-9,14-15,18H,1H3/t9-,14-,15-,18-/m1/s1. The third kappa shape index (κ3) is 3.47. The van der Waals surface area contributed by atoms with Crippen LogP contribution in [0.5, 0.6) is 0 Å². The molecule has 13 nitrogen and oxygen atoms in total. The van der Waals surface area contributed by atoms with Crippen molar-refractivity contribution in [2.45, 2.75) is 31.5 Å². The molecule has 1 aliphatic heterocycles. The number of imidazole rings is 1. The van der Waals surface area contributed by atoms with E-state index < -0.39 is 29.5 Å². The number of fused-ring (bicyclic) bond motifs is 1. The van der Waals surface area contributed by atoms with Crippen molar-refractivity contribution in [2.75, 3.05) is 0 Å². The zero-order valence-corrected chi connectivity index (χ0v) is 16.7. The Kier molecular flexibility index (Phi) is 5.20. The van der Waals surface area contributed by atoms with Gasteiger partial charge in [-0.3, -0.25) is 14.7 Å². The van der Waals surface area contributed by atoms with E-state index in [2.05, 4.69) is 35.1 Å². The summed E-state index contributed by atoms with van der Waals surface area (Å²) in [7, 11) is 0. The van der Waals surface area contributed by atoms with Crippen LogP contribution < -0.4 is 0 Å². The highest BCUT2D eigenvalue weighted by Gasteiger charge is 2.48. The topological polar surface area (TPSA) is 145 Å². The fourth-order valence-corrected chi connectivity index (χ4v) is 3.69. The van der Waals surface area contributed by atoms with Gasteiger partial charge in [0.05, 0.1) is 23.6 Å². The summed E-state index contributed by atoms with van der Waals surface area (Å²) in [5.41, 5.74) is 1.55. The van der Waals surface area contributed by atoms with Crippen LogP contribution in [0, 0.1) is 10.1 Å². The molecule has 4 atom stereocenters. The first-order valence-corrected chi connectivity index (χ1v) is 9.57. The van der Waals surface area contributed by atoms with E-state index >= 15 is 0 Å². The van der Waals surface area contributed by atoms with Crippen LogP contribution in [-0.4, -0.2) is 57.7 Å². The van der Waals surface area contributed by atoms with E-state index in [1.807, 2.05) is 0 Å². The third-order valence-corrected chi connectivity index (χ3v) is 5.33. The van der Waals surface area contributed by atoms with Crippen LogP contribution in [0.25, 0.3) is 28.2 Å². The summed E-state index contributed by atoms with van der Waals surface area (Å²) < 4.78 is 34.4. The predicted molar refractivity (Wildman–Crippen MR) is 104 cm³/mol. The summed E-state index contributed by atoms with van der Waals surface area (Å²) in [5, 5.41) is 19.0. The highest BCUT2D eigenvalue weighted by Crippen LogP contribution is 2.35. The molecular weight excluding hydrogens is 446 g/mol. The number of ether oxygens (including phenoxy) is 1. The molecular formula is C18H14F2N8O5. The van der Waals surface area contributed by atoms with E-state index in [1.54, 1.807) is 18.3 Å². The van der Waals surface area contributed by atoms with Crippen molar-refractivity contribution in [1.29, 1.82) is 0 Å². The predicted octanol–water partition coefficient (Wildman–Crippen LogP) is 2.44. The smallest absolute Gasteiger partial charge is 0.269 e. The number of nitrogens with zero attached hydrogens (tertiary/aromatic N) is 8. The zero-order chi connectivity index (χ0) is 23.1. The van der Waals surface area contributed by atoms with Gasteiger partial charge in [-0.1, -0.05) is 5.21 Å². The quantitative estimate of drug-likeness (QED) is 0.311. The Hall–Kier alpha value is -3.95. The van der Waals surface area contributed by atoms with E-state index in [4.69, 9.17) is 4.74 Å². The lowest BCUT2D eigenvalue weighted by molar-refractivity contribution is -0.384. The molecule has 0 amide bonds. The monoisotopic (exact) mass is 460 g/mol. The Bertz CT molecular complexity index is 1310. The Morgan fingerprint density at radius 1 is 1.12 bits per heavy atom. The van der Waals surface area contributed by atoms with E-state index in [-0.39, 0.29) is 22.7 Å². The highest BCUT2D eigenvalue weighted by molar-refractivity contribution is 5.78. The van der Waals surface area contributed by atoms with Gasteiger partial charge >= 0.3 is 0 Å². The molecule has 1 fully saturated rings. The van der Waals surface area contributed by atoms with E-state index in [0.717, 1.165) is 0 Å². The largest absolute Gasteiger partial charge is 0.349 e. The first-order valence-electron chi connectivity index (χ1n) is 9.57. The van der Waals surface area contributed by atoms with E-state index in [1.165, 1.54) is 41.0 Å². The molecule has 1 aromatic carbocycles. The number of benzene rings is 1. The van der Waals surface area contributed by atoms with E-state index in [0.29, 0.717) is 11.3 Å². The minimum Gasteiger partial charge on any atom is -0.349 e. The minimum atomic E-state index is -1.39. The van der Waals surface area contributed by atoms with Crippen molar-refractivity contribution in [1.82, 2.24) is 34.5 Å². The van der Waals surface area contributed by atoms with Crippen molar-refractivity contribution in [2.24, 2.45) is 0 Å². The lowest BCUT2D eigenvalue weighted by Crippen LogP contribution is -2.32. The number of nitro benzene ring substituents is 1. The summed E-state index contributed by atoms with van der Waals surface area (Å²) in [6.45, 7) is 1.52. The molecule has 0 bridgehead atoms. The molecule has 15 heteroatoms. The average Bonchev–Trinajstić information content (AvgIpc) is 3.55. The lowest BCUT2D eigenvalue weighted by atomic mass is 10.1. The maximum absolute atomic E-state index is 13.2. The van der Waals surface area contributed by atoms with Gasteiger partial charge in [0.2, 0.25) is 0 Å². The average molecular weight is 460 g/mol. The van der Waals surface area contributed by atoms with Crippen LogP contribution in [0.1, 0.15) is 13.2 Å². The molecule has 0 unspecified atom stereocenters. The summed E-state index contributed by atoms with van der Waals surface area (Å²) >= 11 is 0. The summed E-state index contributed by atoms with van der Waals surface area (Å²) in [6, 6.07) is 5.82. The summed E-state index contributed by atoms with van der Waals surface area (Å²) in [6.07, 6.45) is -0.406. The van der Waals surface area contributed by atoms with Crippen LogP contribution in [-0.2, 0) is 14.6 Å². The minimum absolute atomic E-state index is 0.0476. The van der Waals surface area contributed by atoms with Gasteiger partial charge in [0.25, 0.3) is 5.69 Å². The molecule has 0 spiro atoms. The second-order valence-electron chi connectivity index (χ2n) is 7.21. The molecule has 4 heterocycles. The fraction of sp³-hybridized carbons (Fsp3) is 0.278. The molecule has 3 aromatic heterocycles.